The summed E-state index contributed by atoms with van der Waals surface area (Å²) in [6.07, 6.45) is 5.37. The molecule has 0 amide bonds. The van der Waals surface area contributed by atoms with Gasteiger partial charge < -0.3 is 10.8 Å². The van der Waals surface area contributed by atoms with Crippen molar-refractivity contribution in [2.24, 2.45) is 16.8 Å². The van der Waals surface area contributed by atoms with Gasteiger partial charge in [-0.2, -0.15) is 5.10 Å². The largest absolute Gasteiger partial charge is 0.342 e. The number of pyridine rings is 1. The van der Waals surface area contributed by atoms with Gasteiger partial charge in [0.25, 0.3) is 0 Å². The molecule has 0 bridgehead atoms. The van der Waals surface area contributed by atoms with Crippen molar-refractivity contribution in [3.63, 3.8) is 0 Å². The van der Waals surface area contributed by atoms with E-state index in [-0.39, 0.29) is 0 Å². The highest BCUT2D eigenvalue weighted by atomic mass is 32.2. The Balaban J connectivity index is 1.61. The molecule has 1 unspecified atom stereocenters. The lowest BCUT2D eigenvalue weighted by atomic mass is 10.0. The summed E-state index contributed by atoms with van der Waals surface area (Å²) in [6.45, 7) is 2.24. The molecule has 3 aromatic rings. The first-order valence-electron chi connectivity index (χ1n) is 9.14. The second-order valence-electron chi connectivity index (χ2n) is 6.76. The van der Waals surface area contributed by atoms with Crippen molar-refractivity contribution in [3.05, 3.63) is 48.3 Å². The third kappa shape index (κ3) is 3.77. The highest BCUT2D eigenvalue weighted by molar-refractivity contribution is 7.82. The highest BCUT2D eigenvalue weighted by Crippen LogP contribution is 2.29. The molecule has 4 rings (SSSR count). The van der Waals surface area contributed by atoms with Gasteiger partial charge in [-0.15, -0.1) is 0 Å². The van der Waals surface area contributed by atoms with Gasteiger partial charge in [0, 0.05) is 30.4 Å². The van der Waals surface area contributed by atoms with Crippen LogP contribution in [-0.4, -0.2) is 42.9 Å². The monoisotopic (exact) mass is 397 g/mol. The average Bonchev–Trinajstić information content (AvgIpc) is 3.37. The van der Waals surface area contributed by atoms with E-state index in [9.17, 15) is 4.21 Å². The Morgan fingerprint density at radius 3 is 2.71 bits per heavy atom. The topological polar surface area (TPSA) is 117 Å². The fourth-order valence-corrected chi connectivity index (χ4v) is 4.75. The molecule has 146 valence electrons. The van der Waals surface area contributed by atoms with Crippen LogP contribution in [0.5, 0.6) is 0 Å². The highest BCUT2D eigenvalue weighted by Gasteiger charge is 2.19. The van der Waals surface area contributed by atoms with Crippen molar-refractivity contribution in [2.75, 3.05) is 13.1 Å². The maximum Gasteiger partial charge on any atom is 0.138 e. The van der Waals surface area contributed by atoms with Gasteiger partial charge in [-0.3, -0.25) is 5.01 Å². The van der Waals surface area contributed by atoms with Crippen LogP contribution in [0.4, 0.5) is 0 Å². The molecule has 28 heavy (non-hydrogen) atoms. The van der Waals surface area contributed by atoms with Gasteiger partial charge in [0.1, 0.15) is 23.0 Å². The van der Waals surface area contributed by atoms with Crippen LogP contribution in [0.1, 0.15) is 18.5 Å². The molecule has 0 spiro atoms. The Morgan fingerprint density at radius 1 is 1.25 bits per heavy atom. The van der Waals surface area contributed by atoms with E-state index in [1.807, 2.05) is 40.7 Å². The number of aromatic nitrogens is 2. The summed E-state index contributed by atoms with van der Waals surface area (Å²) in [5.41, 5.74) is 3.80. The molecular weight excluding hydrogens is 374 g/mol. The average molecular weight is 398 g/mol. The van der Waals surface area contributed by atoms with Crippen molar-refractivity contribution in [3.8, 4) is 11.1 Å². The SMILES string of the molecule is N/N=C\N(N)Cc1cc2c(-c3ccc(S(=O)N4CCCC4)cc3)ccnc2[nH]1. The number of fused-ring (bicyclic) bond motifs is 1. The minimum Gasteiger partial charge on any atom is -0.342 e. The molecule has 1 aliphatic rings. The van der Waals surface area contributed by atoms with Gasteiger partial charge in [-0.05, 0) is 48.2 Å². The van der Waals surface area contributed by atoms with E-state index in [1.165, 1.54) is 11.3 Å². The zero-order valence-corrected chi connectivity index (χ0v) is 16.2. The van der Waals surface area contributed by atoms with Crippen molar-refractivity contribution >= 4 is 28.4 Å². The molecule has 8 nitrogen and oxygen atoms in total. The maximum atomic E-state index is 12.7. The molecule has 0 aliphatic carbocycles. The molecule has 3 heterocycles. The zero-order chi connectivity index (χ0) is 19.5. The second-order valence-corrected chi connectivity index (χ2v) is 8.25. The number of nitrogens with zero attached hydrogens (tertiary/aromatic N) is 4. The number of hydrazine groups is 1. The predicted octanol–water partition coefficient (Wildman–Crippen LogP) is 1.93. The molecule has 1 fully saturated rings. The molecular formula is C19H23N7OS. The Hall–Kier alpha value is -2.75. The molecule has 1 saturated heterocycles. The molecule has 1 aromatic carbocycles. The van der Waals surface area contributed by atoms with E-state index >= 15 is 0 Å². The Morgan fingerprint density at radius 2 is 2.00 bits per heavy atom. The van der Waals surface area contributed by atoms with E-state index < -0.39 is 11.0 Å². The summed E-state index contributed by atoms with van der Waals surface area (Å²) in [4.78, 5) is 8.52. The van der Waals surface area contributed by atoms with Crippen molar-refractivity contribution in [2.45, 2.75) is 24.3 Å². The smallest absolute Gasteiger partial charge is 0.138 e. The van der Waals surface area contributed by atoms with Gasteiger partial charge in [0.05, 0.1) is 11.4 Å². The summed E-state index contributed by atoms with van der Waals surface area (Å²) in [5, 5.41) is 5.82. The molecule has 0 radical (unpaired) electrons. The van der Waals surface area contributed by atoms with Crippen molar-refractivity contribution in [1.29, 1.82) is 0 Å². The number of hydrogen-bond acceptors (Lipinski definition) is 5. The number of rotatable bonds is 6. The van der Waals surface area contributed by atoms with Crippen molar-refractivity contribution < 1.29 is 4.21 Å². The molecule has 1 aliphatic heterocycles. The number of nitrogens with one attached hydrogen (secondary N) is 1. The number of hydrazone groups is 1. The third-order valence-electron chi connectivity index (χ3n) is 4.82. The number of H-pyrrole nitrogens is 1. The number of nitrogens with two attached hydrogens (primary N) is 2. The first kappa shape index (κ1) is 18.6. The predicted molar refractivity (Wildman–Crippen MR) is 111 cm³/mol. The van der Waals surface area contributed by atoms with Crippen molar-refractivity contribution in [1.82, 2.24) is 19.3 Å². The first-order valence-corrected chi connectivity index (χ1v) is 10.2. The van der Waals surface area contributed by atoms with Gasteiger partial charge in [-0.1, -0.05) is 12.1 Å². The maximum absolute atomic E-state index is 12.7. The fourth-order valence-electron chi connectivity index (χ4n) is 3.50. The van der Waals surface area contributed by atoms with Gasteiger partial charge in [-0.25, -0.2) is 19.3 Å². The lowest BCUT2D eigenvalue weighted by Gasteiger charge is -2.14. The van der Waals surface area contributed by atoms with Crippen LogP contribution in [0.3, 0.4) is 0 Å². The third-order valence-corrected chi connectivity index (χ3v) is 6.33. The van der Waals surface area contributed by atoms with E-state index in [0.29, 0.717) is 6.54 Å². The number of benzene rings is 1. The second kappa shape index (κ2) is 8.09. The van der Waals surface area contributed by atoms with E-state index in [2.05, 4.69) is 15.1 Å². The van der Waals surface area contributed by atoms with Crippen LogP contribution in [0.2, 0.25) is 0 Å². The first-order chi connectivity index (χ1) is 13.7. The minimum absolute atomic E-state index is 0.435. The van der Waals surface area contributed by atoms with Gasteiger partial charge in [0.2, 0.25) is 0 Å². The summed E-state index contributed by atoms with van der Waals surface area (Å²) in [6, 6.07) is 11.9. The molecule has 0 saturated carbocycles. The van der Waals surface area contributed by atoms with Crippen LogP contribution >= 0.6 is 0 Å². The van der Waals surface area contributed by atoms with E-state index in [4.69, 9.17) is 11.7 Å². The normalized spacial score (nSPS) is 16.2. The van der Waals surface area contributed by atoms with E-state index in [1.54, 1.807) is 6.20 Å². The number of aromatic amines is 1. The lowest BCUT2D eigenvalue weighted by molar-refractivity contribution is 0.441. The van der Waals surface area contributed by atoms with E-state index in [0.717, 1.165) is 58.7 Å². The van der Waals surface area contributed by atoms with Crippen LogP contribution in [0.15, 0.2) is 52.6 Å². The summed E-state index contributed by atoms with van der Waals surface area (Å²) >= 11 is 0. The molecule has 1 atom stereocenters. The fraction of sp³-hybridized carbons (Fsp3) is 0.263. The Kier molecular flexibility index (Phi) is 5.38. The minimum atomic E-state index is -1.08. The Labute approximate surface area is 165 Å². The molecule has 2 aromatic heterocycles. The lowest BCUT2D eigenvalue weighted by Crippen LogP contribution is -2.29. The van der Waals surface area contributed by atoms with Crippen LogP contribution < -0.4 is 11.7 Å². The van der Waals surface area contributed by atoms with Crippen LogP contribution in [0.25, 0.3) is 22.2 Å². The standard InChI is InChI=1S/C19H23N7OS/c20-23-13-25(21)12-15-11-18-17(7-8-22-19(18)24-15)14-3-5-16(6-4-14)28(27)26-9-1-2-10-26/h3-8,11,13H,1-2,9-10,12,20-21H2,(H,22,24)/b23-13-. The summed E-state index contributed by atoms with van der Waals surface area (Å²) in [7, 11) is -1.08. The zero-order valence-electron chi connectivity index (χ0n) is 15.4. The quantitative estimate of drug-likeness (QED) is 0.254. The summed E-state index contributed by atoms with van der Waals surface area (Å²) in [5.74, 6) is 10.9. The Bertz CT molecular complexity index is 1010. The number of hydrogen-bond donors (Lipinski definition) is 3. The summed E-state index contributed by atoms with van der Waals surface area (Å²) < 4.78 is 14.7. The van der Waals surface area contributed by atoms with Gasteiger partial charge >= 0.3 is 0 Å². The molecule has 5 N–H and O–H groups in total. The van der Waals surface area contributed by atoms with Crippen LogP contribution in [-0.2, 0) is 17.5 Å². The van der Waals surface area contributed by atoms with Crippen LogP contribution in [0, 0.1) is 0 Å². The molecule has 9 heteroatoms. The van der Waals surface area contributed by atoms with Gasteiger partial charge in [0.15, 0.2) is 0 Å².